The molecule has 82 valence electrons. The van der Waals surface area contributed by atoms with E-state index in [2.05, 4.69) is 20.2 Å². The molecule has 0 saturated carbocycles. The van der Waals surface area contributed by atoms with E-state index in [1.165, 1.54) is 12.1 Å². The molecule has 0 radical (unpaired) electrons. The molecule has 3 rings (SSSR count). The van der Waals surface area contributed by atoms with Gasteiger partial charge in [-0.1, -0.05) is 0 Å². The van der Waals surface area contributed by atoms with Crippen LogP contribution in [0, 0.1) is 0 Å². The second-order valence-corrected chi connectivity index (χ2v) is 3.34. The van der Waals surface area contributed by atoms with Crippen LogP contribution in [0.4, 0.5) is 6.01 Å². The van der Waals surface area contributed by atoms with Gasteiger partial charge in [0.25, 0.3) is 0 Å². The Morgan fingerprint density at radius 3 is 3.19 bits per heavy atom. The SMILES string of the molecule is Cn1nc(N2Cc3[nH]cnc3C=N2)oc1=O. The molecule has 8 nitrogen and oxygen atoms in total. The molecule has 0 aliphatic carbocycles. The Hall–Kier alpha value is -2.38. The maximum Gasteiger partial charge on any atom is 0.438 e. The second kappa shape index (κ2) is 3.05. The van der Waals surface area contributed by atoms with Gasteiger partial charge >= 0.3 is 11.8 Å². The number of aromatic nitrogens is 4. The van der Waals surface area contributed by atoms with E-state index in [0.29, 0.717) is 6.54 Å². The van der Waals surface area contributed by atoms with Gasteiger partial charge in [-0.25, -0.2) is 14.8 Å². The minimum atomic E-state index is -0.513. The number of rotatable bonds is 1. The molecule has 0 unspecified atom stereocenters. The number of aryl methyl sites for hydroxylation is 1. The zero-order valence-corrected chi connectivity index (χ0v) is 8.41. The van der Waals surface area contributed by atoms with Crippen molar-refractivity contribution in [2.24, 2.45) is 12.1 Å². The summed E-state index contributed by atoms with van der Waals surface area (Å²) in [7, 11) is 1.52. The van der Waals surface area contributed by atoms with Crippen LogP contribution in [-0.4, -0.2) is 26.0 Å². The minimum absolute atomic E-state index is 0.170. The zero-order valence-electron chi connectivity index (χ0n) is 8.41. The highest BCUT2D eigenvalue weighted by Crippen LogP contribution is 2.16. The maximum atomic E-state index is 11.1. The predicted molar refractivity (Wildman–Crippen MR) is 54.1 cm³/mol. The quantitative estimate of drug-likeness (QED) is 0.696. The summed E-state index contributed by atoms with van der Waals surface area (Å²) in [6, 6.07) is 0.170. The maximum absolute atomic E-state index is 11.1. The minimum Gasteiger partial charge on any atom is -0.372 e. The summed E-state index contributed by atoms with van der Waals surface area (Å²) < 4.78 is 6.04. The molecule has 0 amide bonds. The summed E-state index contributed by atoms with van der Waals surface area (Å²) in [5.74, 6) is -0.513. The van der Waals surface area contributed by atoms with Crippen molar-refractivity contribution in [2.45, 2.75) is 6.54 Å². The molecular formula is C8H8N6O2. The van der Waals surface area contributed by atoms with Crippen LogP contribution in [0.3, 0.4) is 0 Å². The third-order valence-electron chi connectivity index (χ3n) is 2.28. The fourth-order valence-electron chi connectivity index (χ4n) is 1.44. The molecule has 1 N–H and O–H groups in total. The Kier molecular flexibility index (Phi) is 1.70. The highest BCUT2D eigenvalue weighted by Gasteiger charge is 2.19. The lowest BCUT2D eigenvalue weighted by molar-refractivity contribution is 0.484. The Balaban J connectivity index is 1.97. The van der Waals surface area contributed by atoms with Crippen molar-refractivity contribution in [3.63, 3.8) is 0 Å². The number of aromatic amines is 1. The lowest BCUT2D eigenvalue weighted by Gasteiger charge is -2.16. The van der Waals surface area contributed by atoms with E-state index in [1.807, 2.05) is 0 Å². The van der Waals surface area contributed by atoms with Gasteiger partial charge in [-0.05, 0) is 0 Å². The van der Waals surface area contributed by atoms with Crippen LogP contribution in [0.2, 0.25) is 0 Å². The Bertz CT molecular complexity index is 606. The fourth-order valence-corrected chi connectivity index (χ4v) is 1.44. The van der Waals surface area contributed by atoms with E-state index in [4.69, 9.17) is 4.42 Å². The van der Waals surface area contributed by atoms with Crippen LogP contribution in [0.1, 0.15) is 11.4 Å². The van der Waals surface area contributed by atoms with Gasteiger partial charge in [-0.3, -0.25) is 0 Å². The molecule has 0 aromatic carbocycles. The van der Waals surface area contributed by atoms with Crippen LogP contribution in [-0.2, 0) is 13.6 Å². The molecular weight excluding hydrogens is 212 g/mol. The molecule has 1 aliphatic heterocycles. The van der Waals surface area contributed by atoms with E-state index >= 15 is 0 Å². The largest absolute Gasteiger partial charge is 0.438 e. The van der Waals surface area contributed by atoms with E-state index in [0.717, 1.165) is 16.1 Å². The Morgan fingerprint density at radius 2 is 2.44 bits per heavy atom. The zero-order chi connectivity index (χ0) is 11.1. The average Bonchev–Trinajstić information content (AvgIpc) is 2.85. The normalized spacial score (nSPS) is 14.2. The number of imidazole rings is 1. The van der Waals surface area contributed by atoms with E-state index in [1.54, 1.807) is 12.5 Å². The number of nitrogens with zero attached hydrogens (tertiary/aromatic N) is 5. The summed E-state index contributed by atoms with van der Waals surface area (Å²) >= 11 is 0. The molecule has 2 aromatic heterocycles. The van der Waals surface area contributed by atoms with Gasteiger partial charge in [0.2, 0.25) is 0 Å². The number of hydrogen-bond donors (Lipinski definition) is 1. The molecule has 8 heteroatoms. The molecule has 1 aliphatic rings. The number of nitrogens with one attached hydrogen (secondary N) is 1. The lowest BCUT2D eigenvalue weighted by atomic mass is 10.3. The fraction of sp³-hybridized carbons (Fsp3) is 0.250. The smallest absolute Gasteiger partial charge is 0.372 e. The molecule has 2 aromatic rings. The standard InChI is InChI=1S/C8H8N6O2/c1-13-8(15)16-7(12-13)14-3-6-5(2-11-14)9-4-10-6/h2,4H,3H2,1H3,(H,9,10). The van der Waals surface area contributed by atoms with Gasteiger partial charge in [-0.2, -0.15) is 9.78 Å². The van der Waals surface area contributed by atoms with E-state index in [9.17, 15) is 4.79 Å². The van der Waals surface area contributed by atoms with Crippen LogP contribution < -0.4 is 10.8 Å². The number of H-pyrrole nitrogens is 1. The number of hydrazone groups is 1. The van der Waals surface area contributed by atoms with Crippen LogP contribution in [0.15, 0.2) is 20.6 Å². The topological polar surface area (TPSA) is 92.3 Å². The van der Waals surface area contributed by atoms with E-state index in [-0.39, 0.29) is 6.01 Å². The van der Waals surface area contributed by atoms with Crippen molar-refractivity contribution in [1.29, 1.82) is 0 Å². The van der Waals surface area contributed by atoms with Gasteiger partial charge < -0.3 is 9.40 Å². The summed E-state index contributed by atoms with van der Waals surface area (Å²) in [5.41, 5.74) is 1.69. The van der Waals surface area contributed by atoms with Crippen molar-refractivity contribution in [1.82, 2.24) is 19.7 Å². The summed E-state index contributed by atoms with van der Waals surface area (Å²) in [4.78, 5) is 18.2. The van der Waals surface area contributed by atoms with Crippen molar-refractivity contribution >= 4 is 12.2 Å². The monoisotopic (exact) mass is 220 g/mol. The molecule has 0 fully saturated rings. The molecule has 0 saturated heterocycles. The van der Waals surface area contributed by atoms with Gasteiger partial charge in [0, 0.05) is 7.05 Å². The molecule has 0 bridgehead atoms. The third-order valence-corrected chi connectivity index (χ3v) is 2.28. The number of hydrogen-bond acceptors (Lipinski definition) is 6. The summed E-state index contributed by atoms with van der Waals surface area (Å²) in [6.07, 6.45) is 3.18. The summed E-state index contributed by atoms with van der Waals surface area (Å²) in [5, 5.41) is 9.48. The Morgan fingerprint density at radius 1 is 1.56 bits per heavy atom. The van der Waals surface area contributed by atoms with Crippen molar-refractivity contribution in [3.8, 4) is 0 Å². The molecule has 16 heavy (non-hydrogen) atoms. The first-order valence-electron chi connectivity index (χ1n) is 4.62. The van der Waals surface area contributed by atoms with Crippen molar-refractivity contribution in [3.05, 3.63) is 28.3 Å². The Labute approximate surface area is 89.2 Å². The second-order valence-electron chi connectivity index (χ2n) is 3.34. The average molecular weight is 220 g/mol. The van der Waals surface area contributed by atoms with Crippen LogP contribution in [0.25, 0.3) is 0 Å². The molecule has 0 spiro atoms. The predicted octanol–water partition coefficient (Wildman–Crippen LogP) is -0.549. The highest BCUT2D eigenvalue weighted by atomic mass is 16.4. The first-order chi connectivity index (χ1) is 7.74. The van der Waals surface area contributed by atoms with Gasteiger partial charge in [0.1, 0.15) is 5.69 Å². The number of fused-ring (bicyclic) bond motifs is 1. The lowest BCUT2D eigenvalue weighted by Crippen LogP contribution is -2.21. The van der Waals surface area contributed by atoms with Crippen molar-refractivity contribution < 1.29 is 4.42 Å². The molecule has 0 atom stereocenters. The van der Waals surface area contributed by atoms with E-state index < -0.39 is 5.76 Å². The van der Waals surface area contributed by atoms with Crippen LogP contribution in [0.5, 0.6) is 0 Å². The molecule has 3 heterocycles. The number of anilines is 1. The van der Waals surface area contributed by atoms with Gasteiger partial charge in [0.05, 0.1) is 24.8 Å². The van der Waals surface area contributed by atoms with Gasteiger partial charge in [0.15, 0.2) is 0 Å². The highest BCUT2D eigenvalue weighted by molar-refractivity contribution is 5.80. The van der Waals surface area contributed by atoms with Crippen LogP contribution >= 0.6 is 0 Å². The first-order valence-corrected chi connectivity index (χ1v) is 4.62. The van der Waals surface area contributed by atoms with Crippen molar-refractivity contribution in [2.75, 3.05) is 5.01 Å². The third kappa shape index (κ3) is 1.23. The van der Waals surface area contributed by atoms with Gasteiger partial charge in [-0.15, -0.1) is 5.10 Å². The first kappa shape index (κ1) is 8.89. The summed E-state index contributed by atoms with van der Waals surface area (Å²) in [6.45, 7) is 0.450.